The van der Waals surface area contributed by atoms with Gasteiger partial charge in [0.1, 0.15) is 5.82 Å². The number of aromatic nitrogens is 2. The van der Waals surface area contributed by atoms with Crippen LogP contribution in [0, 0.1) is 0 Å². The lowest BCUT2D eigenvalue weighted by Gasteiger charge is -2.18. The van der Waals surface area contributed by atoms with Crippen molar-refractivity contribution < 1.29 is 0 Å². The number of hydrogen-bond donors (Lipinski definition) is 1. The Morgan fingerprint density at radius 3 is 2.26 bits per heavy atom. The summed E-state index contributed by atoms with van der Waals surface area (Å²) in [5, 5.41) is 0. The molecule has 0 unspecified atom stereocenters. The minimum Gasteiger partial charge on any atom is -0.384 e. The van der Waals surface area contributed by atoms with Crippen molar-refractivity contribution in [2.75, 3.05) is 5.73 Å². The second-order valence-corrected chi connectivity index (χ2v) is 7.09. The molecule has 5 heteroatoms. The van der Waals surface area contributed by atoms with E-state index >= 15 is 0 Å². The zero-order chi connectivity index (χ0) is 14.2. The Morgan fingerprint density at radius 2 is 1.68 bits per heavy atom. The van der Waals surface area contributed by atoms with Gasteiger partial charge in [0.25, 0.3) is 0 Å². The molecule has 19 heavy (non-hydrogen) atoms. The Labute approximate surface area is 129 Å². The maximum Gasteiger partial charge on any atom is 0.161 e. The predicted molar refractivity (Wildman–Crippen MR) is 86.0 cm³/mol. The molecular weight excluding hydrogens is 370 g/mol. The third-order valence-electron chi connectivity index (χ3n) is 2.69. The molecule has 0 bridgehead atoms. The van der Waals surface area contributed by atoms with Gasteiger partial charge in [0, 0.05) is 26.0 Å². The maximum atomic E-state index is 5.89. The second kappa shape index (κ2) is 5.21. The van der Waals surface area contributed by atoms with Gasteiger partial charge < -0.3 is 5.73 Å². The summed E-state index contributed by atoms with van der Waals surface area (Å²) in [6.45, 7) is 6.32. The summed E-state index contributed by atoms with van der Waals surface area (Å²) in [5.41, 5.74) is 7.71. The summed E-state index contributed by atoms with van der Waals surface area (Å²) in [6, 6.07) is 7.74. The van der Waals surface area contributed by atoms with Gasteiger partial charge in [-0.25, -0.2) is 9.97 Å². The number of benzene rings is 1. The highest BCUT2D eigenvalue weighted by atomic mass is 79.9. The van der Waals surface area contributed by atoms with Crippen LogP contribution in [0.4, 0.5) is 5.82 Å². The quantitative estimate of drug-likeness (QED) is 0.784. The molecule has 0 aliphatic carbocycles. The van der Waals surface area contributed by atoms with Gasteiger partial charge in [-0.3, -0.25) is 0 Å². The topological polar surface area (TPSA) is 51.8 Å². The van der Waals surface area contributed by atoms with E-state index in [1.807, 2.05) is 24.3 Å². The monoisotopic (exact) mass is 383 g/mol. The van der Waals surface area contributed by atoms with Gasteiger partial charge in [-0.1, -0.05) is 20.8 Å². The van der Waals surface area contributed by atoms with Crippen molar-refractivity contribution >= 4 is 37.7 Å². The van der Waals surface area contributed by atoms with Crippen LogP contribution in [0.15, 0.2) is 33.2 Å². The molecule has 0 saturated carbocycles. The van der Waals surface area contributed by atoms with E-state index in [4.69, 9.17) is 5.73 Å². The summed E-state index contributed by atoms with van der Waals surface area (Å²) in [4.78, 5) is 8.94. The largest absolute Gasteiger partial charge is 0.384 e. The van der Waals surface area contributed by atoms with Crippen molar-refractivity contribution in [1.82, 2.24) is 9.97 Å². The Hall–Kier alpha value is -0.940. The van der Waals surface area contributed by atoms with Crippen LogP contribution in [0.5, 0.6) is 0 Å². The molecule has 3 nitrogen and oxygen atoms in total. The van der Waals surface area contributed by atoms with E-state index < -0.39 is 0 Å². The molecule has 2 N–H and O–H groups in total. The SMILES string of the molecule is CC(C)(C)c1cc(N)nc(-c2ccc(Br)c(Br)c2)n1. The summed E-state index contributed by atoms with van der Waals surface area (Å²) >= 11 is 6.94. The summed E-state index contributed by atoms with van der Waals surface area (Å²) in [5.74, 6) is 1.15. The van der Waals surface area contributed by atoms with E-state index in [-0.39, 0.29) is 5.41 Å². The average Bonchev–Trinajstić information content (AvgIpc) is 2.31. The number of anilines is 1. The van der Waals surface area contributed by atoms with E-state index in [0.717, 1.165) is 20.2 Å². The van der Waals surface area contributed by atoms with Gasteiger partial charge in [-0.2, -0.15) is 0 Å². The number of hydrogen-bond acceptors (Lipinski definition) is 3. The van der Waals surface area contributed by atoms with Crippen LogP contribution in [-0.4, -0.2) is 9.97 Å². The predicted octanol–water partition coefficient (Wildman–Crippen LogP) is 4.55. The molecular formula is C14H15Br2N3. The average molecular weight is 385 g/mol. The van der Waals surface area contributed by atoms with E-state index in [1.165, 1.54) is 0 Å². The molecule has 0 amide bonds. The first-order chi connectivity index (χ1) is 8.77. The van der Waals surface area contributed by atoms with Gasteiger partial charge in [0.05, 0.1) is 5.69 Å². The van der Waals surface area contributed by atoms with Gasteiger partial charge >= 0.3 is 0 Å². The van der Waals surface area contributed by atoms with Crippen molar-refractivity contribution in [2.24, 2.45) is 0 Å². The molecule has 100 valence electrons. The first-order valence-electron chi connectivity index (χ1n) is 5.88. The molecule has 1 aromatic carbocycles. The maximum absolute atomic E-state index is 5.89. The standard InChI is InChI=1S/C14H15Br2N3/c1-14(2,3)11-7-12(17)19-13(18-11)8-4-5-9(15)10(16)6-8/h4-7H,1-3H3,(H2,17,18,19). The zero-order valence-corrected chi connectivity index (χ0v) is 14.2. The minimum absolute atomic E-state index is 0.0571. The molecule has 0 atom stereocenters. The van der Waals surface area contributed by atoms with E-state index in [9.17, 15) is 0 Å². The molecule has 0 radical (unpaired) electrons. The van der Waals surface area contributed by atoms with E-state index in [0.29, 0.717) is 11.6 Å². The lowest BCUT2D eigenvalue weighted by Crippen LogP contribution is -2.15. The summed E-state index contributed by atoms with van der Waals surface area (Å²) in [7, 11) is 0. The Balaban J connectivity index is 2.56. The molecule has 0 aliphatic rings. The zero-order valence-electron chi connectivity index (χ0n) is 11.0. The number of rotatable bonds is 1. The van der Waals surface area contributed by atoms with E-state index in [1.54, 1.807) is 0 Å². The van der Waals surface area contributed by atoms with Crippen molar-refractivity contribution in [3.05, 3.63) is 38.9 Å². The number of halogens is 2. The van der Waals surface area contributed by atoms with Crippen LogP contribution in [0.25, 0.3) is 11.4 Å². The highest BCUT2D eigenvalue weighted by Gasteiger charge is 2.18. The fourth-order valence-electron chi connectivity index (χ4n) is 1.61. The highest BCUT2D eigenvalue weighted by Crippen LogP contribution is 2.29. The Morgan fingerprint density at radius 1 is 1.00 bits per heavy atom. The van der Waals surface area contributed by atoms with Crippen LogP contribution < -0.4 is 5.73 Å². The molecule has 2 aromatic rings. The number of nitrogens with two attached hydrogens (primary N) is 1. The molecule has 0 fully saturated rings. The van der Waals surface area contributed by atoms with Crippen molar-refractivity contribution in [3.63, 3.8) is 0 Å². The molecule has 0 spiro atoms. The second-order valence-electron chi connectivity index (χ2n) is 5.38. The molecule has 2 rings (SSSR count). The first-order valence-corrected chi connectivity index (χ1v) is 7.46. The summed E-state index contributed by atoms with van der Waals surface area (Å²) in [6.07, 6.45) is 0. The van der Waals surface area contributed by atoms with Crippen molar-refractivity contribution in [1.29, 1.82) is 0 Å². The van der Waals surface area contributed by atoms with Gasteiger partial charge in [-0.05, 0) is 50.1 Å². The van der Waals surface area contributed by atoms with Gasteiger partial charge in [0.15, 0.2) is 5.82 Å². The highest BCUT2D eigenvalue weighted by molar-refractivity contribution is 9.13. The van der Waals surface area contributed by atoms with Crippen LogP contribution in [0.3, 0.4) is 0 Å². The Bertz CT molecular complexity index is 619. The lowest BCUT2D eigenvalue weighted by molar-refractivity contribution is 0.568. The van der Waals surface area contributed by atoms with Crippen LogP contribution in [0.2, 0.25) is 0 Å². The lowest BCUT2D eigenvalue weighted by atomic mass is 9.92. The molecule has 0 saturated heterocycles. The van der Waals surface area contributed by atoms with Crippen molar-refractivity contribution in [3.8, 4) is 11.4 Å². The molecule has 1 aromatic heterocycles. The molecule has 1 heterocycles. The minimum atomic E-state index is -0.0571. The van der Waals surface area contributed by atoms with Crippen LogP contribution >= 0.6 is 31.9 Å². The normalized spacial score (nSPS) is 11.6. The first kappa shape index (κ1) is 14.5. The fraction of sp³-hybridized carbons (Fsp3) is 0.286. The van der Waals surface area contributed by atoms with Crippen molar-refractivity contribution in [2.45, 2.75) is 26.2 Å². The fourth-order valence-corrected chi connectivity index (χ4v) is 2.24. The third-order valence-corrected chi connectivity index (χ3v) is 4.57. The number of nitrogens with zero attached hydrogens (tertiary/aromatic N) is 2. The Kier molecular flexibility index (Phi) is 3.97. The smallest absolute Gasteiger partial charge is 0.161 e. The summed E-state index contributed by atoms with van der Waals surface area (Å²) < 4.78 is 1.96. The number of nitrogen functional groups attached to an aromatic ring is 1. The van der Waals surface area contributed by atoms with Gasteiger partial charge in [0.2, 0.25) is 0 Å². The van der Waals surface area contributed by atoms with Crippen LogP contribution in [0.1, 0.15) is 26.5 Å². The van der Waals surface area contributed by atoms with Gasteiger partial charge in [-0.15, -0.1) is 0 Å². The van der Waals surface area contributed by atoms with Crippen LogP contribution in [-0.2, 0) is 5.41 Å². The molecule has 0 aliphatic heterocycles. The third kappa shape index (κ3) is 3.34. The van der Waals surface area contributed by atoms with E-state index in [2.05, 4.69) is 62.6 Å².